The third kappa shape index (κ3) is 4.18. The van der Waals surface area contributed by atoms with Crippen LogP contribution >= 0.6 is 23.4 Å². The first-order valence-corrected chi connectivity index (χ1v) is 9.76. The molecule has 0 radical (unpaired) electrons. The van der Waals surface area contributed by atoms with E-state index in [0.717, 1.165) is 10.5 Å². The highest BCUT2D eigenvalue weighted by Crippen LogP contribution is 2.38. The number of hydrogen-bond donors (Lipinski definition) is 2. The summed E-state index contributed by atoms with van der Waals surface area (Å²) in [5.41, 5.74) is 1.47. The van der Waals surface area contributed by atoms with Crippen molar-refractivity contribution in [3.05, 3.63) is 59.4 Å². The molecular weight excluding hydrogens is 400 g/mol. The second-order valence-corrected chi connectivity index (χ2v) is 7.78. The number of nitrogens with one attached hydrogen (secondary N) is 2. The van der Waals surface area contributed by atoms with Gasteiger partial charge in [-0.25, -0.2) is 0 Å². The zero-order valence-corrected chi connectivity index (χ0v) is 16.1. The zero-order valence-electron chi connectivity index (χ0n) is 14.5. The second-order valence-electron chi connectivity index (χ2n) is 6.10. The summed E-state index contributed by atoms with van der Waals surface area (Å²) >= 11 is 7.29. The molecule has 0 bridgehead atoms. The van der Waals surface area contributed by atoms with Gasteiger partial charge in [-0.1, -0.05) is 35.0 Å². The Morgan fingerprint density at radius 1 is 1.25 bits per heavy atom. The van der Waals surface area contributed by atoms with Gasteiger partial charge in [0.05, 0.1) is 17.5 Å². The van der Waals surface area contributed by atoms with Gasteiger partial charge in [0.25, 0.3) is 5.89 Å². The van der Waals surface area contributed by atoms with Crippen molar-refractivity contribution in [2.24, 2.45) is 0 Å². The number of thioether (sulfide) groups is 1. The van der Waals surface area contributed by atoms with Crippen molar-refractivity contribution in [2.75, 3.05) is 5.32 Å². The molecule has 2 aromatic carbocycles. The molecule has 142 valence electrons. The Kier molecular flexibility index (Phi) is 5.31. The molecule has 1 atom stereocenters. The number of amides is 2. The van der Waals surface area contributed by atoms with Crippen LogP contribution in [-0.2, 0) is 16.1 Å². The Morgan fingerprint density at radius 2 is 2.07 bits per heavy atom. The van der Waals surface area contributed by atoms with Gasteiger partial charge >= 0.3 is 0 Å². The van der Waals surface area contributed by atoms with Crippen molar-refractivity contribution in [2.45, 2.75) is 23.1 Å². The number of benzene rings is 2. The smallest absolute Gasteiger partial charge is 0.257 e. The van der Waals surface area contributed by atoms with Gasteiger partial charge in [-0.15, -0.1) is 11.8 Å². The standard InChI is InChI=1S/C19H15ClN4O3S/c20-12-6-7-14-13(8-12)22-18(26)15(28-14)9-17(25)21-10-16-23-19(27-24-16)11-4-2-1-3-5-11/h1-8,15H,9-10H2,(H,21,25)(H,22,26)/t15-/m0/s1. The minimum Gasteiger partial charge on any atom is -0.349 e. The number of aromatic nitrogens is 2. The normalized spacial score (nSPS) is 15.6. The van der Waals surface area contributed by atoms with Gasteiger partial charge in [-0.3, -0.25) is 9.59 Å². The van der Waals surface area contributed by atoms with Crippen LogP contribution < -0.4 is 10.6 Å². The van der Waals surface area contributed by atoms with Crippen LogP contribution in [0.1, 0.15) is 12.2 Å². The van der Waals surface area contributed by atoms with E-state index in [2.05, 4.69) is 20.8 Å². The molecule has 1 aromatic heterocycles. The van der Waals surface area contributed by atoms with Gasteiger partial charge in [0, 0.05) is 21.9 Å². The average molecular weight is 415 g/mol. The highest BCUT2D eigenvalue weighted by Gasteiger charge is 2.29. The third-order valence-electron chi connectivity index (χ3n) is 4.06. The molecule has 2 heterocycles. The molecule has 0 aliphatic carbocycles. The van der Waals surface area contributed by atoms with E-state index in [1.54, 1.807) is 12.1 Å². The Morgan fingerprint density at radius 3 is 2.89 bits per heavy atom. The number of fused-ring (bicyclic) bond motifs is 1. The Balaban J connectivity index is 1.33. The fraction of sp³-hybridized carbons (Fsp3) is 0.158. The maximum absolute atomic E-state index is 12.3. The molecule has 2 N–H and O–H groups in total. The Hall–Kier alpha value is -2.84. The Labute approximate surface area is 169 Å². The SMILES string of the molecule is O=C(C[C@@H]1Sc2ccc(Cl)cc2NC1=O)NCc1noc(-c2ccccc2)n1. The highest BCUT2D eigenvalue weighted by atomic mass is 35.5. The molecule has 1 aliphatic rings. The summed E-state index contributed by atoms with van der Waals surface area (Å²) < 4.78 is 5.21. The van der Waals surface area contributed by atoms with Crippen molar-refractivity contribution < 1.29 is 14.1 Å². The van der Waals surface area contributed by atoms with E-state index >= 15 is 0 Å². The van der Waals surface area contributed by atoms with Crippen molar-refractivity contribution >= 4 is 40.9 Å². The van der Waals surface area contributed by atoms with Crippen LogP contribution in [0.2, 0.25) is 5.02 Å². The van der Waals surface area contributed by atoms with Gasteiger partial charge < -0.3 is 15.2 Å². The van der Waals surface area contributed by atoms with E-state index in [0.29, 0.717) is 22.4 Å². The van der Waals surface area contributed by atoms with Crippen LogP contribution in [0.3, 0.4) is 0 Å². The first-order chi connectivity index (χ1) is 13.6. The lowest BCUT2D eigenvalue weighted by atomic mass is 10.2. The number of carbonyl (C=O) groups excluding carboxylic acids is 2. The average Bonchev–Trinajstić information content (AvgIpc) is 3.17. The first-order valence-electron chi connectivity index (χ1n) is 8.50. The highest BCUT2D eigenvalue weighted by molar-refractivity contribution is 8.01. The molecule has 0 unspecified atom stereocenters. The molecule has 7 nitrogen and oxygen atoms in total. The monoisotopic (exact) mass is 414 g/mol. The predicted octanol–water partition coefficient (Wildman–Crippen LogP) is 3.51. The minimum absolute atomic E-state index is 0.0436. The second kappa shape index (κ2) is 8.04. The minimum atomic E-state index is -0.515. The van der Waals surface area contributed by atoms with E-state index < -0.39 is 5.25 Å². The van der Waals surface area contributed by atoms with Crippen molar-refractivity contribution in [1.29, 1.82) is 0 Å². The molecular formula is C19H15ClN4O3S. The number of carbonyl (C=O) groups is 2. The van der Waals surface area contributed by atoms with E-state index in [4.69, 9.17) is 16.1 Å². The maximum atomic E-state index is 12.3. The van der Waals surface area contributed by atoms with E-state index in [-0.39, 0.29) is 24.8 Å². The number of hydrogen-bond acceptors (Lipinski definition) is 6. The molecule has 4 rings (SSSR count). The van der Waals surface area contributed by atoms with Crippen LogP contribution in [0.5, 0.6) is 0 Å². The summed E-state index contributed by atoms with van der Waals surface area (Å²) in [6.45, 7) is 0.125. The number of rotatable bonds is 5. The van der Waals surface area contributed by atoms with Gasteiger partial charge in [0.15, 0.2) is 5.82 Å². The van der Waals surface area contributed by atoms with Gasteiger partial charge in [-0.05, 0) is 30.3 Å². The summed E-state index contributed by atoms with van der Waals surface area (Å²) in [5.74, 6) is 0.271. The van der Waals surface area contributed by atoms with Crippen molar-refractivity contribution in [3.63, 3.8) is 0 Å². The summed E-state index contributed by atoms with van der Waals surface area (Å²) in [6.07, 6.45) is 0.0436. The van der Waals surface area contributed by atoms with Crippen molar-refractivity contribution in [1.82, 2.24) is 15.5 Å². The predicted molar refractivity (Wildman–Crippen MR) is 106 cm³/mol. The maximum Gasteiger partial charge on any atom is 0.257 e. The Bertz CT molecular complexity index is 1030. The number of halogens is 1. The summed E-state index contributed by atoms with van der Waals surface area (Å²) in [5, 5.41) is 9.41. The molecule has 2 amide bonds. The van der Waals surface area contributed by atoms with Crippen LogP contribution in [-0.4, -0.2) is 27.2 Å². The summed E-state index contributed by atoms with van der Waals surface area (Å²) in [4.78, 5) is 29.6. The number of anilines is 1. The van der Waals surface area contributed by atoms with Gasteiger partial charge in [0.2, 0.25) is 11.8 Å². The van der Waals surface area contributed by atoms with Crippen LogP contribution in [0.4, 0.5) is 5.69 Å². The molecule has 0 saturated carbocycles. The van der Waals surface area contributed by atoms with Crippen molar-refractivity contribution in [3.8, 4) is 11.5 Å². The fourth-order valence-electron chi connectivity index (χ4n) is 2.70. The molecule has 3 aromatic rings. The third-order valence-corrected chi connectivity index (χ3v) is 5.57. The molecule has 0 spiro atoms. The fourth-order valence-corrected chi connectivity index (χ4v) is 3.96. The molecule has 0 fully saturated rings. The molecule has 0 saturated heterocycles. The lowest BCUT2D eigenvalue weighted by molar-refractivity contribution is -0.124. The van der Waals surface area contributed by atoms with E-state index in [1.807, 2.05) is 36.4 Å². The summed E-state index contributed by atoms with van der Waals surface area (Å²) in [7, 11) is 0. The van der Waals surface area contributed by atoms with Crippen LogP contribution in [0.15, 0.2) is 57.9 Å². The van der Waals surface area contributed by atoms with Crippen LogP contribution in [0.25, 0.3) is 11.5 Å². The quantitative estimate of drug-likeness (QED) is 0.663. The largest absolute Gasteiger partial charge is 0.349 e. The lowest BCUT2D eigenvalue weighted by Crippen LogP contribution is -2.34. The molecule has 9 heteroatoms. The lowest BCUT2D eigenvalue weighted by Gasteiger charge is -2.23. The van der Waals surface area contributed by atoms with Gasteiger partial charge in [-0.2, -0.15) is 4.98 Å². The zero-order chi connectivity index (χ0) is 19.5. The molecule has 1 aliphatic heterocycles. The molecule has 28 heavy (non-hydrogen) atoms. The van der Waals surface area contributed by atoms with Crippen LogP contribution in [0, 0.1) is 0 Å². The van der Waals surface area contributed by atoms with Gasteiger partial charge in [0.1, 0.15) is 0 Å². The van der Waals surface area contributed by atoms with E-state index in [9.17, 15) is 9.59 Å². The summed E-state index contributed by atoms with van der Waals surface area (Å²) in [6, 6.07) is 14.6. The van der Waals surface area contributed by atoms with E-state index in [1.165, 1.54) is 11.8 Å². The topological polar surface area (TPSA) is 97.1 Å². The number of nitrogens with zero attached hydrogens (tertiary/aromatic N) is 2. The first kappa shape index (κ1) is 18.5.